The van der Waals surface area contributed by atoms with Crippen molar-refractivity contribution in [3.8, 4) is 67.4 Å². The van der Waals surface area contributed by atoms with E-state index in [1.165, 1.54) is 93.4 Å². The monoisotopic (exact) mass is 930 g/mol. The molecule has 1 aliphatic carbocycles. The van der Waals surface area contributed by atoms with Gasteiger partial charge < -0.3 is 9.13 Å². The molecule has 0 atom stereocenters. The van der Waals surface area contributed by atoms with Crippen LogP contribution in [-0.2, 0) is 5.41 Å². The number of aromatic nitrogens is 4. The van der Waals surface area contributed by atoms with Crippen LogP contribution >= 0.6 is 0 Å². The number of rotatable bonds is 6. The van der Waals surface area contributed by atoms with E-state index < -0.39 is 0 Å². The summed E-state index contributed by atoms with van der Waals surface area (Å²) in [5.41, 5.74) is 20.7. The first-order chi connectivity index (χ1) is 35.9. The molecule has 0 amide bonds. The molecule has 0 aliphatic heterocycles. The molecule has 15 rings (SSSR count). The Morgan fingerprint density at radius 1 is 0.329 bits per heavy atom. The first-order valence-electron chi connectivity index (χ1n) is 25.2. The molecule has 4 nitrogen and oxygen atoms in total. The molecule has 0 unspecified atom stereocenters. The summed E-state index contributed by atoms with van der Waals surface area (Å²) < 4.78 is 4.85. The smallest absolute Gasteiger partial charge is 0.160 e. The maximum Gasteiger partial charge on any atom is 0.160 e. The summed E-state index contributed by atoms with van der Waals surface area (Å²) >= 11 is 0. The van der Waals surface area contributed by atoms with Gasteiger partial charge in [-0.15, -0.1) is 0 Å². The van der Waals surface area contributed by atoms with Gasteiger partial charge in [-0.05, 0) is 128 Å². The first kappa shape index (κ1) is 41.4. The van der Waals surface area contributed by atoms with Gasteiger partial charge in [0.05, 0.1) is 33.3 Å². The van der Waals surface area contributed by atoms with Crippen molar-refractivity contribution in [2.45, 2.75) is 19.3 Å². The largest absolute Gasteiger partial charge is 0.309 e. The lowest BCUT2D eigenvalue weighted by atomic mass is 9.80. The third kappa shape index (κ3) is 6.33. The number of para-hydroxylation sites is 3. The molecule has 1 aliphatic rings. The van der Waals surface area contributed by atoms with E-state index in [4.69, 9.17) is 9.97 Å². The number of fused-ring (bicyclic) bond motifs is 12. The van der Waals surface area contributed by atoms with E-state index >= 15 is 0 Å². The van der Waals surface area contributed by atoms with Crippen LogP contribution in [0.5, 0.6) is 0 Å². The van der Waals surface area contributed by atoms with Gasteiger partial charge in [0, 0.05) is 54.8 Å². The standard InChI is InChI=1S/C69H46N4/c1-69(2)60-42-65-59(41-56(60)54-35-32-45-18-9-10-23-52(45)66(54)69)58-40-48(47-33-36-63-57(39-47)53-24-12-14-27-62(53)72(63)50-20-7-4-8-21-50)34-37-64(58)73(65)51-22-15-19-49(38-51)68-70-61-26-13-11-25-55(61)67(71-68)46-30-28-44(29-31-46)43-16-5-3-6-17-43/h3-42H,1-2H3. The zero-order valence-corrected chi connectivity index (χ0v) is 40.4. The lowest BCUT2D eigenvalue weighted by molar-refractivity contribution is 0.667. The molecule has 73 heavy (non-hydrogen) atoms. The third-order valence-corrected chi connectivity index (χ3v) is 15.7. The van der Waals surface area contributed by atoms with E-state index in [1.807, 2.05) is 0 Å². The maximum absolute atomic E-state index is 5.39. The Kier molecular flexibility index (Phi) is 8.97. The minimum Gasteiger partial charge on any atom is -0.309 e. The van der Waals surface area contributed by atoms with Crippen LogP contribution in [0.15, 0.2) is 243 Å². The molecule has 0 fully saturated rings. The van der Waals surface area contributed by atoms with Crippen molar-refractivity contribution >= 4 is 65.3 Å². The minimum atomic E-state index is -0.225. The molecular formula is C69H46N4. The van der Waals surface area contributed by atoms with Gasteiger partial charge in [0.1, 0.15) is 0 Å². The Bertz CT molecular complexity index is 4560. The first-order valence-corrected chi connectivity index (χ1v) is 25.2. The van der Waals surface area contributed by atoms with Crippen LogP contribution < -0.4 is 0 Å². The molecule has 4 heteroatoms. The normalized spacial score (nSPS) is 12.9. The Morgan fingerprint density at radius 3 is 1.67 bits per heavy atom. The van der Waals surface area contributed by atoms with Crippen LogP contribution in [0.4, 0.5) is 0 Å². The Balaban J connectivity index is 0.924. The zero-order valence-electron chi connectivity index (χ0n) is 40.4. The topological polar surface area (TPSA) is 35.6 Å². The van der Waals surface area contributed by atoms with Crippen molar-refractivity contribution in [2.24, 2.45) is 0 Å². The lowest BCUT2D eigenvalue weighted by Gasteiger charge is -2.23. The number of hydrogen-bond acceptors (Lipinski definition) is 2. The van der Waals surface area contributed by atoms with E-state index in [9.17, 15) is 0 Å². The summed E-state index contributed by atoms with van der Waals surface area (Å²) in [5, 5.41) is 8.54. The third-order valence-electron chi connectivity index (χ3n) is 15.7. The molecule has 3 aromatic heterocycles. The highest BCUT2D eigenvalue weighted by atomic mass is 15.0. The predicted octanol–water partition coefficient (Wildman–Crippen LogP) is 18.0. The van der Waals surface area contributed by atoms with Gasteiger partial charge in [-0.25, -0.2) is 9.97 Å². The molecule has 3 heterocycles. The van der Waals surface area contributed by atoms with E-state index in [2.05, 4.69) is 266 Å². The van der Waals surface area contributed by atoms with Crippen LogP contribution in [0.3, 0.4) is 0 Å². The summed E-state index contributed by atoms with van der Waals surface area (Å²) in [6, 6.07) is 88.4. The van der Waals surface area contributed by atoms with Crippen molar-refractivity contribution in [1.82, 2.24) is 19.1 Å². The fourth-order valence-corrected chi connectivity index (χ4v) is 12.2. The molecule has 0 N–H and O–H groups in total. The minimum absolute atomic E-state index is 0.225. The molecule has 342 valence electrons. The predicted molar refractivity (Wildman–Crippen MR) is 305 cm³/mol. The molecule has 0 spiro atoms. The summed E-state index contributed by atoms with van der Waals surface area (Å²) in [4.78, 5) is 10.6. The second kappa shape index (κ2) is 15.8. The van der Waals surface area contributed by atoms with E-state index in [0.717, 1.165) is 44.6 Å². The Hall–Kier alpha value is -9.38. The fourth-order valence-electron chi connectivity index (χ4n) is 12.2. The van der Waals surface area contributed by atoms with Crippen molar-refractivity contribution in [1.29, 1.82) is 0 Å². The van der Waals surface area contributed by atoms with Crippen molar-refractivity contribution in [3.63, 3.8) is 0 Å². The van der Waals surface area contributed by atoms with Crippen LogP contribution in [0.2, 0.25) is 0 Å². The molecule has 0 radical (unpaired) electrons. The van der Waals surface area contributed by atoms with Gasteiger partial charge in [-0.2, -0.15) is 0 Å². The van der Waals surface area contributed by atoms with Crippen molar-refractivity contribution < 1.29 is 0 Å². The molecule has 14 aromatic rings. The quantitative estimate of drug-likeness (QED) is 0.167. The van der Waals surface area contributed by atoms with Gasteiger partial charge in [0.2, 0.25) is 0 Å². The van der Waals surface area contributed by atoms with E-state index in [-0.39, 0.29) is 5.41 Å². The summed E-state index contributed by atoms with van der Waals surface area (Å²) in [5.74, 6) is 0.694. The highest BCUT2D eigenvalue weighted by Gasteiger charge is 2.38. The fraction of sp³-hybridized carbons (Fsp3) is 0.0435. The van der Waals surface area contributed by atoms with Crippen molar-refractivity contribution in [3.05, 3.63) is 254 Å². The highest BCUT2D eigenvalue weighted by Crippen LogP contribution is 2.53. The molecule has 11 aromatic carbocycles. The molecular weight excluding hydrogens is 885 g/mol. The van der Waals surface area contributed by atoms with Gasteiger partial charge >= 0.3 is 0 Å². The van der Waals surface area contributed by atoms with Gasteiger partial charge in [0.15, 0.2) is 5.82 Å². The second-order valence-electron chi connectivity index (χ2n) is 20.1. The maximum atomic E-state index is 5.39. The molecule has 0 bridgehead atoms. The molecule has 0 saturated heterocycles. The van der Waals surface area contributed by atoms with E-state index in [0.29, 0.717) is 5.82 Å². The highest BCUT2D eigenvalue weighted by molar-refractivity contribution is 6.15. The number of nitrogens with zero attached hydrogens (tertiary/aromatic N) is 4. The zero-order chi connectivity index (χ0) is 48.4. The van der Waals surface area contributed by atoms with Crippen LogP contribution in [-0.4, -0.2) is 19.1 Å². The van der Waals surface area contributed by atoms with Crippen LogP contribution in [0, 0.1) is 0 Å². The lowest BCUT2D eigenvalue weighted by Crippen LogP contribution is -2.15. The average molecular weight is 931 g/mol. The summed E-state index contributed by atoms with van der Waals surface area (Å²) in [7, 11) is 0. The summed E-state index contributed by atoms with van der Waals surface area (Å²) in [6.45, 7) is 4.80. The Labute approximate surface area is 422 Å². The van der Waals surface area contributed by atoms with Crippen molar-refractivity contribution in [2.75, 3.05) is 0 Å². The second-order valence-corrected chi connectivity index (χ2v) is 20.1. The number of hydrogen-bond donors (Lipinski definition) is 0. The molecule has 0 saturated carbocycles. The SMILES string of the molecule is CC1(C)c2cc3c(cc2-c2ccc4ccccc4c21)c1cc(-c2ccc4c(c2)c2ccccc2n4-c2ccccc2)ccc1n3-c1cccc(-c2nc(-c3ccc(-c4ccccc4)cc3)c3ccccc3n2)c1. The van der Waals surface area contributed by atoms with Gasteiger partial charge in [0.25, 0.3) is 0 Å². The van der Waals surface area contributed by atoms with E-state index in [1.54, 1.807) is 0 Å². The van der Waals surface area contributed by atoms with Gasteiger partial charge in [-0.3, -0.25) is 0 Å². The average Bonchev–Trinajstić information content (AvgIpc) is 4.04. The van der Waals surface area contributed by atoms with Crippen LogP contribution in [0.25, 0.3) is 133 Å². The van der Waals surface area contributed by atoms with Gasteiger partial charge in [-0.1, -0.05) is 184 Å². The van der Waals surface area contributed by atoms with Crippen LogP contribution in [0.1, 0.15) is 25.0 Å². The Morgan fingerprint density at radius 2 is 0.890 bits per heavy atom. The summed E-state index contributed by atoms with van der Waals surface area (Å²) in [6.07, 6.45) is 0. The number of benzene rings is 11.